The van der Waals surface area contributed by atoms with E-state index in [1.165, 1.54) is 4.57 Å². The Balaban J connectivity index is 3.02. The highest BCUT2D eigenvalue weighted by atomic mass is 16.3. The van der Waals surface area contributed by atoms with Crippen molar-refractivity contribution in [1.82, 2.24) is 4.57 Å². The standard InChI is InChI=1S/C13H10N2O2/c1-2-7-15-11-6-4-3-5-9(11)12(16)10(8-14)13(15)17/h2-6,16H,1,7H2. The average Bonchev–Trinajstić information content (AvgIpc) is 2.35. The lowest BCUT2D eigenvalue weighted by Crippen LogP contribution is -2.22. The molecule has 0 amide bonds. The van der Waals surface area contributed by atoms with Gasteiger partial charge in [0.25, 0.3) is 5.56 Å². The van der Waals surface area contributed by atoms with Gasteiger partial charge in [-0.25, -0.2) is 0 Å². The highest BCUT2D eigenvalue weighted by Crippen LogP contribution is 2.25. The molecule has 0 saturated heterocycles. The van der Waals surface area contributed by atoms with Crippen LogP contribution in [0.15, 0.2) is 41.7 Å². The van der Waals surface area contributed by atoms with Crippen molar-refractivity contribution in [3.05, 3.63) is 52.8 Å². The van der Waals surface area contributed by atoms with Gasteiger partial charge in [-0.2, -0.15) is 5.26 Å². The van der Waals surface area contributed by atoms with E-state index in [4.69, 9.17) is 5.26 Å². The third-order valence-electron chi connectivity index (χ3n) is 2.57. The van der Waals surface area contributed by atoms with Gasteiger partial charge >= 0.3 is 0 Å². The topological polar surface area (TPSA) is 66.0 Å². The molecule has 84 valence electrons. The molecular formula is C13H10N2O2. The van der Waals surface area contributed by atoms with E-state index in [9.17, 15) is 9.90 Å². The maximum Gasteiger partial charge on any atom is 0.273 e. The van der Waals surface area contributed by atoms with E-state index in [1.807, 2.05) is 0 Å². The quantitative estimate of drug-likeness (QED) is 0.793. The van der Waals surface area contributed by atoms with E-state index in [1.54, 1.807) is 36.4 Å². The smallest absolute Gasteiger partial charge is 0.273 e. The fourth-order valence-electron chi connectivity index (χ4n) is 1.80. The van der Waals surface area contributed by atoms with Crippen molar-refractivity contribution in [2.75, 3.05) is 0 Å². The van der Waals surface area contributed by atoms with Gasteiger partial charge in [0, 0.05) is 11.9 Å². The molecule has 2 rings (SSSR count). The number of rotatable bonds is 2. The fourth-order valence-corrected chi connectivity index (χ4v) is 1.80. The third-order valence-corrected chi connectivity index (χ3v) is 2.57. The molecule has 17 heavy (non-hydrogen) atoms. The van der Waals surface area contributed by atoms with E-state index >= 15 is 0 Å². The van der Waals surface area contributed by atoms with Gasteiger partial charge in [0.1, 0.15) is 11.8 Å². The van der Waals surface area contributed by atoms with Gasteiger partial charge in [-0.1, -0.05) is 18.2 Å². The summed E-state index contributed by atoms with van der Waals surface area (Å²) in [7, 11) is 0. The van der Waals surface area contributed by atoms with Crippen LogP contribution in [0.4, 0.5) is 0 Å². The fraction of sp³-hybridized carbons (Fsp3) is 0.0769. The first kappa shape index (κ1) is 11.0. The Morgan fingerprint density at radius 1 is 1.47 bits per heavy atom. The van der Waals surface area contributed by atoms with E-state index in [0.29, 0.717) is 17.4 Å². The summed E-state index contributed by atoms with van der Waals surface area (Å²) >= 11 is 0. The molecule has 0 spiro atoms. The van der Waals surface area contributed by atoms with Gasteiger partial charge in [0.2, 0.25) is 0 Å². The molecular weight excluding hydrogens is 216 g/mol. The number of para-hydroxylation sites is 1. The number of aromatic hydroxyl groups is 1. The number of nitriles is 1. The zero-order valence-electron chi connectivity index (χ0n) is 9.05. The molecule has 4 heteroatoms. The Hall–Kier alpha value is -2.54. The van der Waals surface area contributed by atoms with Crippen LogP contribution < -0.4 is 5.56 Å². The van der Waals surface area contributed by atoms with Gasteiger partial charge in [0.15, 0.2) is 5.56 Å². The Kier molecular flexibility index (Phi) is 2.67. The summed E-state index contributed by atoms with van der Waals surface area (Å²) in [5.74, 6) is -0.256. The van der Waals surface area contributed by atoms with Gasteiger partial charge in [-0.05, 0) is 12.1 Å². The second-order valence-corrected chi connectivity index (χ2v) is 3.56. The molecule has 0 aliphatic heterocycles. The summed E-state index contributed by atoms with van der Waals surface area (Å²) in [6, 6.07) is 8.64. The molecule has 1 N–H and O–H groups in total. The minimum absolute atomic E-state index is 0.231. The molecule has 1 aromatic heterocycles. The summed E-state index contributed by atoms with van der Waals surface area (Å²) in [5, 5.41) is 19.3. The second-order valence-electron chi connectivity index (χ2n) is 3.56. The molecule has 0 aliphatic carbocycles. The molecule has 4 nitrogen and oxygen atoms in total. The largest absolute Gasteiger partial charge is 0.506 e. The van der Waals surface area contributed by atoms with Crippen LogP contribution in [0.5, 0.6) is 5.75 Å². The predicted octanol–water partition coefficient (Wildman–Crippen LogP) is 1.76. The SMILES string of the molecule is C=CCn1c(=O)c(C#N)c(O)c2ccccc21. The van der Waals surface area contributed by atoms with Crippen molar-refractivity contribution in [3.63, 3.8) is 0 Å². The first-order valence-corrected chi connectivity index (χ1v) is 5.06. The molecule has 0 saturated carbocycles. The van der Waals surface area contributed by atoms with Crippen molar-refractivity contribution in [2.24, 2.45) is 0 Å². The lowest BCUT2D eigenvalue weighted by atomic mass is 10.1. The van der Waals surface area contributed by atoms with Gasteiger partial charge in [-0.15, -0.1) is 6.58 Å². The molecule has 2 aromatic rings. The van der Waals surface area contributed by atoms with Crippen LogP contribution in [0.25, 0.3) is 10.9 Å². The number of pyridine rings is 1. The summed E-state index contributed by atoms with van der Waals surface area (Å²) in [4.78, 5) is 12.0. The number of nitrogens with zero attached hydrogens (tertiary/aromatic N) is 2. The molecule has 1 heterocycles. The first-order chi connectivity index (χ1) is 8.20. The van der Waals surface area contributed by atoms with E-state index in [-0.39, 0.29) is 11.3 Å². The van der Waals surface area contributed by atoms with Crippen LogP contribution in [0, 0.1) is 11.3 Å². The summed E-state index contributed by atoms with van der Waals surface area (Å²) < 4.78 is 1.42. The van der Waals surface area contributed by atoms with Crippen LogP contribution in [-0.4, -0.2) is 9.67 Å². The number of hydrogen-bond acceptors (Lipinski definition) is 3. The number of fused-ring (bicyclic) bond motifs is 1. The van der Waals surface area contributed by atoms with Crippen molar-refractivity contribution < 1.29 is 5.11 Å². The molecule has 0 unspecified atom stereocenters. The maximum atomic E-state index is 12.0. The third kappa shape index (κ3) is 1.58. The van der Waals surface area contributed by atoms with E-state index < -0.39 is 5.56 Å². The minimum Gasteiger partial charge on any atom is -0.506 e. The van der Waals surface area contributed by atoms with E-state index in [2.05, 4.69) is 6.58 Å². The van der Waals surface area contributed by atoms with Crippen LogP contribution in [-0.2, 0) is 6.54 Å². The van der Waals surface area contributed by atoms with Crippen molar-refractivity contribution in [2.45, 2.75) is 6.54 Å². The summed E-state index contributed by atoms with van der Waals surface area (Å²) in [6.07, 6.45) is 1.58. The van der Waals surface area contributed by atoms with Gasteiger partial charge < -0.3 is 9.67 Å². The molecule has 1 aromatic carbocycles. The molecule has 0 atom stereocenters. The number of hydrogen-bond donors (Lipinski definition) is 1. The molecule has 0 fully saturated rings. The Bertz CT molecular complexity index is 693. The van der Waals surface area contributed by atoms with Crippen LogP contribution >= 0.6 is 0 Å². The number of allylic oxidation sites excluding steroid dienone is 1. The van der Waals surface area contributed by atoms with Crippen molar-refractivity contribution in [3.8, 4) is 11.8 Å². The highest BCUT2D eigenvalue weighted by molar-refractivity contribution is 5.87. The average molecular weight is 226 g/mol. The summed E-state index contributed by atoms with van der Waals surface area (Å²) in [5.41, 5.74) is -0.136. The zero-order valence-corrected chi connectivity index (χ0v) is 9.05. The monoisotopic (exact) mass is 226 g/mol. The van der Waals surface area contributed by atoms with Gasteiger partial charge in [0.05, 0.1) is 5.52 Å². The molecule has 0 aliphatic rings. The Morgan fingerprint density at radius 3 is 2.82 bits per heavy atom. The predicted molar refractivity (Wildman–Crippen MR) is 64.8 cm³/mol. The Labute approximate surface area is 97.7 Å². The maximum absolute atomic E-state index is 12.0. The highest BCUT2D eigenvalue weighted by Gasteiger charge is 2.14. The number of aromatic nitrogens is 1. The number of benzene rings is 1. The van der Waals surface area contributed by atoms with E-state index in [0.717, 1.165) is 0 Å². The molecule has 0 radical (unpaired) electrons. The first-order valence-electron chi connectivity index (χ1n) is 5.06. The van der Waals surface area contributed by atoms with Crippen LogP contribution in [0.1, 0.15) is 5.56 Å². The lowest BCUT2D eigenvalue weighted by Gasteiger charge is -2.10. The normalized spacial score (nSPS) is 10.1. The molecule has 0 bridgehead atoms. The van der Waals surface area contributed by atoms with Gasteiger partial charge in [-0.3, -0.25) is 4.79 Å². The lowest BCUT2D eigenvalue weighted by molar-refractivity contribution is 0.477. The second kappa shape index (κ2) is 4.14. The Morgan fingerprint density at radius 2 is 2.18 bits per heavy atom. The van der Waals surface area contributed by atoms with Crippen molar-refractivity contribution in [1.29, 1.82) is 5.26 Å². The van der Waals surface area contributed by atoms with Crippen molar-refractivity contribution >= 4 is 10.9 Å². The van der Waals surface area contributed by atoms with Crippen LogP contribution in [0.2, 0.25) is 0 Å². The summed E-state index contributed by atoms with van der Waals surface area (Å²) in [6.45, 7) is 3.88. The van der Waals surface area contributed by atoms with Crippen LogP contribution in [0.3, 0.4) is 0 Å². The minimum atomic E-state index is -0.497. The zero-order chi connectivity index (χ0) is 12.4.